The van der Waals surface area contributed by atoms with E-state index in [0.29, 0.717) is 22.3 Å². The van der Waals surface area contributed by atoms with Crippen LogP contribution in [0.1, 0.15) is 31.8 Å². The minimum Gasteiger partial charge on any atom is -0.346 e. The number of ketones is 2. The molecule has 0 heterocycles. The van der Waals surface area contributed by atoms with Gasteiger partial charge in [0.25, 0.3) is 0 Å². The number of hydrogen-bond acceptors (Lipinski definition) is 2. The fourth-order valence-corrected chi connectivity index (χ4v) is 2.56. The van der Waals surface area contributed by atoms with Crippen LogP contribution < -0.4 is 0 Å². The van der Waals surface area contributed by atoms with E-state index in [4.69, 9.17) is 0 Å². The zero-order valence-corrected chi connectivity index (χ0v) is 18.9. The first kappa shape index (κ1) is 22.1. The predicted octanol–water partition coefficient (Wildman–Crippen LogP) is 5.43. The summed E-state index contributed by atoms with van der Waals surface area (Å²) in [4.78, 5) is 23.6. The quantitative estimate of drug-likeness (QED) is 0.247. The molecule has 0 aliphatic carbocycles. The molecule has 0 saturated heterocycles. The maximum atomic E-state index is 11.8. The molecule has 4 rings (SSSR count). The standard InChI is InChI=1S/2C13H9O.Zn/c2*14-13(11-7-3-1-4-8-11)12-9-5-2-6-10-12;/h2*1-9H;/q2*-1;+2. The summed E-state index contributed by atoms with van der Waals surface area (Å²) in [5, 5.41) is 0. The van der Waals surface area contributed by atoms with Crippen LogP contribution in [-0.4, -0.2) is 11.6 Å². The zero-order valence-electron chi connectivity index (χ0n) is 15.9. The Bertz CT molecular complexity index is 845. The molecule has 4 aromatic carbocycles. The Morgan fingerprint density at radius 3 is 1.14 bits per heavy atom. The number of hydrogen-bond donors (Lipinski definition) is 0. The largest absolute Gasteiger partial charge is 2.00 e. The summed E-state index contributed by atoms with van der Waals surface area (Å²) in [6.07, 6.45) is 0. The van der Waals surface area contributed by atoms with Crippen LogP contribution in [0.2, 0.25) is 0 Å². The van der Waals surface area contributed by atoms with Crippen molar-refractivity contribution in [2.24, 2.45) is 0 Å². The molecule has 136 valence electrons. The smallest absolute Gasteiger partial charge is 0.346 e. The maximum absolute atomic E-state index is 11.8. The second-order valence-electron chi connectivity index (χ2n) is 5.94. The van der Waals surface area contributed by atoms with E-state index in [-0.39, 0.29) is 31.0 Å². The van der Waals surface area contributed by atoms with E-state index in [0.717, 1.165) is 0 Å². The molecular weight excluding hydrogens is 410 g/mol. The second kappa shape index (κ2) is 11.6. The molecule has 0 amide bonds. The average molecular weight is 428 g/mol. The van der Waals surface area contributed by atoms with Gasteiger partial charge in [0.05, 0.1) is 0 Å². The topological polar surface area (TPSA) is 34.1 Å². The van der Waals surface area contributed by atoms with Crippen LogP contribution in [0.4, 0.5) is 0 Å². The van der Waals surface area contributed by atoms with Crippen LogP contribution in [0.3, 0.4) is 0 Å². The van der Waals surface area contributed by atoms with E-state index in [9.17, 15) is 9.59 Å². The van der Waals surface area contributed by atoms with Crippen molar-refractivity contribution in [2.75, 3.05) is 0 Å². The minimum atomic E-state index is 0. The van der Waals surface area contributed by atoms with Crippen LogP contribution >= 0.6 is 0 Å². The molecule has 0 atom stereocenters. The molecule has 0 saturated carbocycles. The number of carbonyl (C=O) groups excluding carboxylic acids is 2. The van der Waals surface area contributed by atoms with Crippen molar-refractivity contribution in [2.45, 2.75) is 0 Å². The summed E-state index contributed by atoms with van der Waals surface area (Å²) in [6, 6.07) is 38.7. The molecule has 2 nitrogen and oxygen atoms in total. The summed E-state index contributed by atoms with van der Waals surface area (Å²) in [7, 11) is 0. The first-order chi connectivity index (χ1) is 13.8. The second-order valence-corrected chi connectivity index (χ2v) is 5.94. The van der Waals surface area contributed by atoms with Crippen molar-refractivity contribution in [3.05, 3.63) is 144 Å². The molecule has 0 N–H and O–H groups in total. The number of benzene rings is 4. The van der Waals surface area contributed by atoms with Gasteiger partial charge in [0.1, 0.15) is 11.6 Å². The van der Waals surface area contributed by atoms with Gasteiger partial charge in [-0.25, -0.2) is 0 Å². The van der Waals surface area contributed by atoms with Gasteiger partial charge < -0.3 is 9.59 Å². The van der Waals surface area contributed by atoms with Crippen LogP contribution in [-0.2, 0) is 19.5 Å². The average Bonchev–Trinajstić information content (AvgIpc) is 2.81. The Labute approximate surface area is 184 Å². The number of rotatable bonds is 4. The molecule has 0 bridgehead atoms. The van der Waals surface area contributed by atoms with Gasteiger partial charge in [-0.3, -0.25) is 0 Å². The third-order valence-corrected chi connectivity index (χ3v) is 3.98. The molecule has 0 aliphatic rings. The van der Waals surface area contributed by atoms with Crippen molar-refractivity contribution in [3.63, 3.8) is 0 Å². The van der Waals surface area contributed by atoms with E-state index in [1.54, 1.807) is 24.3 Å². The van der Waals surface area contributed by atoms with Gasteiger partial charge in [-0.1, -0.05) is 60.7 Å². The van der Waals surface area contributed by atoms with Crippen molar-refractivity contribution >= 4 is 11.6 Å². The van der Waals surface area contributed by atoms with Crippen molar-refractivity contribution in [3.8, 4) is 0 Å². The predicted molar refractivity (Wildman–Crippen MR) is 110 cm³/mol. The van der Waals surface area contributed by atoms with Crippen molar-refractivity contribution in [1.29, 1.82) is 0 Å². The van der Waals surface area contributed by atoms with Gasteiger partial charge >= 0.3 is 19.5 Å². The van der Waals surface area contributed by atoms with Gasteiger partial charge in [-0.2, -0.15) is 0 Å². The Morgan fingerprint density at radius 2 is 0.828 bits per heavy atom. The SMILES string of the molecule is O=C(c1[c-]cccc1)c1ccccc1.O=C(c1[c-]cccc1)c1ccccc1.[Zn+2]. The normalized spacial score (nSPS) is 9.38. The van der Waals surface area contributed by atoms with Gasteiger partial charge in [0, 0.05) is 0 Å². The minimum absolute atomic E-state index is 0. The van der Waals surface area contributed by atoms with Gasteiger partial charge in [0.15, 0.2) is 0 Å². The van der Waals surface area contributed by atoms with Crippen LogP contribution in [0.15, 0.2) is 109 Å². The van der Waals surface area contributed by atoms with Crippen molar-refractivity contribution < 1.29 is 29.1 Å². The fraction of sp³-hybridized carbons (Fsp3) is 0. The van der Waals surface area contributed by atoms with Gasteiger partial charge in [-0.05, 0) is 11.1 Å². The summed E-state index contributed by atoms with van der Waals surface area (Å²) in [6.45, 7) is 0. The summed E-state index contributed by atoms with van der Waals surface area (Å²) >= 11 is 0. The summed E-state index contributed by atoms with van der Waals surface area (Å²) < 4.78 is 0. The molecule has 0 aliphatic heterocycles. The molecule has 0 radical (unpaired) electrons. The van der Waals surface area contributed by atoms with Gasteiger partial charge in [0.2, 0.25) is 0 Å². The first-order valence-corrected chi connectivity index (χ1v) is 8.88. The van der Waals surface area contributed by atoms with Gasteiger partial charge in [-0.15, -0.1) is 71.8 Å². The third kappa shape index (κ3) is 6.45. The van der Waals surface area contributed by atoms with E-state index >= 15 is 0 Å². The molecule has 3 heteroatoms. The van der Waals surface area contributed by atoms with Crippen LogP contribution in [0, 0.1) is 12.1 Å². The van der Waals surface area contributed by atoms with Crippen LogP contribution in [0.25, 0.3) is 0 Å². The molecule has 0 fully saturated rings. The molecule has 0 aromatic heterocycles. The monoisotopic (exact) mass is 426 g/mol. The van der Waals surface area contributed by atoms with E-state index in [1.165, 1.54) is 0 Å². The first-order valence-electron chi connectivity index (χ1n) is 8.88. The third-order valence-electron chi connectivity index (χ3n) is 3.98. The zero-order chi connectivity index (χ0) is 19.6. The Hall–Kier alpha value is -3.16. The summed E-state index contributed by atoms with van der Waals surface area (Å²) in [5.41, 5.74) is 2.63. The summed E-state index contributed by atoms with van der Waals surface area (Å²) in [5.74, 6) is 0.0393. The molecule has 4 aromatic rings. The van der Waals surface area contributed by atoms with E-state index in [1.807, 2.05) is 84.9 Å². The Morgan fingerprint density at radius 1 is 0.483 bits per heavy atom. The number of carbonyl (C=O) groups is 2. The van der Waals surface area contributed by atoms with E-state index < -0.39 is 0 Å². The molecule has 29 heavy (non-hydrogen) atoms. The molecular formula is C26H18O2Zn. The van der Waals surface area contributed by atoms with Crippen LogP contribution in [0.5, 0.6) is 0 Å². The van der Waals surface area contributed by atoms with E-state index in [2.05, 4.69) is 12.1 Å². The Kier molecular flexibility index (Phi) is 8.88. The fourth-order valence-electron chi connectivity index (χ4n) is 2.56. The molecule has 0 unspecified atom stereocenters. The Balaban J connectivity index is 0.000000200. The van der Waals surface area contributed by atoms with Crippen molar-refractivity contribution in [1.82, 2.24) is 0 Å². The maximum Gasteiger partial charge on any atom is 2.00 e. The molecule has 0 spiro atoms.